The van der Waals surface area contributed by atoms with Crippen molar-refractivity contribution in [3.8, 4) is 11.5 Å². The summed E-state index contributed by atoms with van der Waals surface area (Å²) in [5.41, 5.74) is 0.960. The first kappa shape index (κ1) is 13.7. The van der Waals surface area contributed by atoms with Gasteiger partial charge in [-0.25, -0.2) is 0 Å². The van der Waals surface area contributed by atoms with Gasteiger partial charge in [0.2, 0.25) is 0 Å². The summed E-state index contributed by atoms with van der Waals surface area (Å²) < 4.78 is 10.5. The fraction of sp³-hybridized carbons (Fsp3) is 0.500. The molecule has 0 N–H and O–H groups in total. The summed E-state index contributed by atoms with van der Waals surface area (Å²) in [5.74, 6) is 1.56. The van der Waals surface area contributed by atoms with Crippen LogP contribution in [0.5, 0.6) is 11.5 Å². The van der Waals surface area contributed by atoms with Crippen LogP contribution in [0.15, 0.2) is 23.3 Å². The van der Waals surface area contributed by atoms with Crippen LogP contribution in [0.3, 0.4) is 0 Å². The summed E-state index contributed by atoms with van der Waals surface area (Å²) in [6.45, 7) is 4.03. The molecule has 0 aromatic heterocycles. The van der Waals surface area contributed by atoms with Gasteiger partial charge in [-0.1, -0.05) is 0 Å². The van der Waals surface area contributed by atoms with Gasteiger partial charge in [0.25, 0.3) is 0 Å². The van der Waals surface area contributed by atoms with E-state index in [0.717, 1.165) is 43.2 Å². The van der Waals surface area contributed by atoms with Crippen LogP contribution in [-0.4, -0.2) is 63.6 Å². The third-order valence-electron chi connectivity index (χ3n) is 3.28. The smallest absolute Gasteiger partial charge is 0.131 e. The second kappa shape index (κ2) is 6.43. The van der Waals surface area contributed by atoms with Crippen molar-refractivity contribution in [3.63, 3.8) is 0 Å². The monoisotopic (exact) mass is 263 g/mol. The van der Waals surface area contributed by atoms with Crippen LogP contribution in [-0.2, 0) is 0 Å². The first-order chi connectivity index (χ1) is 9.22. The third-order valence-corrected chi connectivity index (χ3v) is 3.28. The molecule has 1 aromatic carbocycles. The Morgan fingerprint density at radius 1 is 1.11 bits per heavy atom. The topological polar surface area (TPSA) is 37.3 Å². The molecular weight excluding hydrogens is 242 g/mol. The van der Waals surface area contributed by atoms with E-state index in [4.69, 9.17) is 9.47 Å². The number of benzene rings is 1. The molecule has 0 radical (unpaired) electrons. The molecule has 104 valence electrons. The number of likely N-dealkylation sites (N-methyl/N-ethyl adjacent to an activating group) is 1. The number of hydrogen-bond acceptors (Lipinski definition) is 5. The first-order valence-corrected chi connectivity index (χ1v) is 6.42. The van der Waals surface area contributed by atoms with E-state index in [9.17, 15) is 0 Å². The Morgan fingerprint density at radius 2 is 1.84 bits per heavy atom. The van der Waals surface area contributed by atoms with Gasteiger partial charge < -0.3 is 14.4 Å². The number of rotatable bonds is 4. The molecule has 0 aliphatic carbocycles. The van der Waals surface area contributed by atoms with Crippen molar-refractivity contribution in [2.45, 2.75) is 0 Å². The average molecular weight is 263 g/mol. The van der Waals surface area contributed by atoms with Crippen molar-refractivity contribution in [3.05, 3.63) is 23.8 Å². The first-order valence-electron chi connectivity index (χ1n) is 6.42. The second-order valence-corrected chi connectivity index (χ2v) is 4.61. The van der Waals surface area contributed by atoms with E-state index in [1.54, 1.807) is 14.2 Å². The Bertz CT molecular complexity index is 440. The molecule has 0 spiro atoms. The quantitative estimate of drug-likeness (QED) is 0.767. The van der Waals surface area contributed by atoms with E-state index < -0.39 is 0 Å². The second-order valence-electron chi connectivity index (χ2n) is 4.61. The van der Waals surface area contributed by atoms with Crippen molar-refractivity contribution in [2.75, 3.05) is 47.4 Å². The molecule has 0 amide bonds. The third kappa shape index (κ3) is 3.61. The van der Waals surface area contributed by atoms with E-state index in [1.807, 2.05) is 24.4 Å². The molecule has 5 heteroatoms. The fourth-order valence-corrected chi connectivity index (χ4v) is 1.98. The van der Waals surface area contributed by atoms with Crippen LogP contribution >= 0.6 is 0 Å². The number of ether oxygens (including phenoxy) is 2. The summed E-state index contributed by atoms with van der Waals surface area (Å²) in [5, 5.41) is 6.60. The Hall–Kier alpha value is -1.75. The lowest BCUT2D eigenvalue weighted by atomic mass is 10.2. The summed E-state index contributed by atoms with van der Waals surface area (Å²) in [7, 11) is 5.43. The highest BCUT2D eigenvalue weighted by Gasteiger charge is 2.11. The molecule has 1 saturated heterocycles. The van der Waals surface area contributed by atoms with Crippen molar-refractivity contribution < 1.29 is 9.47 Å². The van der Waals surface area contributed by atoms with Gasteiger partial charge in [0, 0.05) is 37.8 Å². The number of piperazine rings is 1. The van der Waals surface area contributed by atoms with Gasteiger partial charge in [0.15, 0.2) is 0 Å². The van der Waals surface area contributed by atoms with Gasteiger partial charge in [-0.2, -0.15) is 5.10 Å². The molecule has 1 heterocycles. The highest BCUT2D eigenvalue weighted by atomic mass is 16.5. The minimum Gasteiger partial charge on any atom is -0.497 e. The van der Waals surface area contributed by atoms with E-state index >= 15 is 0 Å². The van der Waals surface area contributed by atoms with Crippen molar-refractivity contribution in [1.82, 2.24) is 9.91 Å². The maximum Gasteiger partial charge on any atom is 0.131 e. The molecule has 1 aliphatic heterocycles. The zero-order chi connectivity index (χ0) is 13.7. The molecule has 5 nitrogen and oxygen atoms in total. The van der Waals surface area contributed by atoms with E-state index in [1.165, 1.54) is 0 Å². The van der Waals surface area contributed by atoms with E-state index in [2.05, 4.69) is 22.1 Å². The molecule has 19 heavy (non-hydrogen) atoms. The zero-order valence-corrected chi connectivity index (χ0v) is 11.8. The number of hydrazone groups is 1. The highest BCUT2D eigenvalue weighted by molar-refractivity contribution is 5.83. The lowest BCUT2D eigenvalue weighted by Gasteiger charge is -2.30. The molecule has 0 saturated carbocycles. The van der Waals surface area contributed by atoms with Crippen molar-refractivity contribution >= 4 is 6.21 Å². The molecule has 0 bridgehead atoms. The van der Waals surface area contributed by atoms with Gasteiger partial charge in [-0.05, 0) is 19.2 Å². The molecule has 1 aromatic rings. The minimum absolute atomic E-state index is 0.775. The predicted octanol–water partition coefficient (Wildman–Crippen LogP) is 1.29. The normalized spacial score (nSPS) is 16.9. The van der Waals surface area contributed by atoms with Crippen molar-refractivity contribution in [2.24, 2.45) is 5.10 Å². The summed E-state index contributed by atoms with van der Waals surface area (Å²) in [4.78, 5) is 2.31. The van der Waals surface area contributed by atoms with Gasteiger partial charge in [0.1, 0.15) is 11.5 Å². The standard InChI is InChI=1S/C14H21N3O2/c1-16-6-8-17(9-7-16)15-11-12-4-5-13(18-2)10-14(12)19-3/h4-5,10-11H,6-9H2,1-3H3/b15-11-. The summed E-state index contributed by atoms with van der Waals surface area (Å²) >= 11 is 0. The molecule has 0 atom stereocenters. The van der Waals surface area contributed by atoms with Crippen LogP contribution in [0.25, 0.3) is 0 Å². The van der Waals surface area contributed by atoms with Crippen LogP contribution in [0.1, 0.15) is 5.56 Å². The molecule has 2 rings (SSSR count). The number of methoxy groups -OCH3 is 2. The lowest BCUT2D eigenvalue weighted by Crippen LogP contribution is -2.41. The zero-order valence-electron chi connectivity index (χ0n) is 11.8. The molecule has 1 aliphatic rings. The molecular formula is C14H21N3O2. The van der Waals surface area contributed by atoms with Crippen LogP contribution in [0.2, 0.25) is 0 Å². The van der Waals surface area contributed by atoms with E-state index in [0.29, 0.717) is 0 Å². The number of hydrogen-bond donors (Lipinski definition) is 0. The number of nitrogens with zero attached hydrogens (tertiary/aromatic N) is 3. The van der Waals surface area contributed by atoms with Gasteiger partial charge in [-0.3, -0.25) is 5.01 Å². The fourth-order valence-electron chi connectivity index (χ4n) is 1.98. The predicted molar refractivity (Wildman–Crippen MR) is 76.2 cm³/mol. The largest absolute Gasteiger partial charge is 0.497 e. The van der Waals surface area contributed by atoms with Crippen LogP contribution < -0.4 is 9.47 Å². The minimum atomic E-state index is 0.775. The summed E-state index contributed by atoms with van der Waals surface area (Å²) in [6, 6.07) is 5.73. The molecule has 0 unspecified atom stereocenters. The van der Waals surface area contributed by atoms with E-state index in [-0.39, 0.29) is 0 Å². The Kier molecular flexibility index (Phi) is 4.63. The lowest BCUT2D eigenvalue weighted by molar-refractivity contribution is 0.159. The summed E-state index contributed by atoms with van der Waals surface area (Å²) in [6.07, 6.45) is 1.85. The SMILES string of the molecule is COc1ccc(/C=N\N2CCN(C)CC2)c(OC)c1. The van der Waals surface area contributed by atoms with Gasteiger partial charge >= 0.3 is 0 Å². The maximum atomic E-state index is 5.35. The van der Waals surface area contributed by atoms with Gasteiger partial charge in [0.05, 0.1) is 20.4 Å². The van der Waals surface area contributed by atoms with Crippen LogP contribution in [0.4, 0.5) is 0 Å². The van der Waals surface area contributed by atoms with Crippen molar-refractivity contribution in [1.29, 1.82) is 0 Å². The Morgan fingerprint density at radius 3 is 2.47 bits per heavy atom. The highest BCUT2D eigenvalue weighted by Crippen LogP contribution is 2.23. The Balaban J connectivity index is 2.05. The van der Waals surface area contributed by atoms with Gasteiger partial charge in [-0.15, -0.1) is 0 Å². The Labute approximate surface area is 114 Å². The average Bonchev–Trinajstić information content (AvgIpc) is 2.46. The molecule has 1 fully saturated rings. The maximum absolute atomic E-state index is 5.35. The van der Waals surface area contributed by atoms with Crippen LogP contribution in [0, 0.1) is 0 Å².